The summed E-state index contributed by atoms with van der Waals surface area (Å²) in [4.78, 5) is 15.9. The van der Waals surface area contributed by atoms with Gasteiger partial charge in [-0.1, -0.05) is 12.1 Å². The molecule has 4 nitrogen and oxygen atoms in total. The molecule has 0 amide bonds. The van der Waals surface area contributed by atoms with Gasteiger partial charge in [0.15, 0.2) is 5.78 Å². The number of aromatic hydroxyl groups is 1. The van der Waals surface area contributed by atoms with Crippen molar-refractivity contribution in [1.29, 1.82) is 0 Å². The van der Waals surface area contributed by atoms with Crippen molar-refractivity contribution in [3.05, 3.63) is 29.8 Å². The first-order valence-corrected chi connectivity index (χ1v) is 5.16. The standard InChI is InChI=1S/C12H16N2O2/c1-9(14-7-6-13)8-12(16)10-4-2-3-5-11(10)15/h2-5,15H,6-8,13H2,1H3. The van der Waals surface area contributed by atoms with Crippen molar-refractivity contribution in [3.63, 3.8) is 0 Å². The van der Waals surface area contributed by atoms with E-state index in [0.717, 1.165) is 5.71 Å². The number of aliphatic imine (C=N–C) groups is 1. The van der Waals surface area contributed by atoms with E-state index in [4.69, 9.17) is 5.73 Å². The number of carbonyl (C=O) groups is 1. The van der Waals surface area contributed by atoms with Crippen LogP contribution < -0.4 is 5.73 Å². The average Bonchev–Trinajstić information content (AvgIpc) is 2.26. The Morgan fingerprint density at radius 1 is 1.44 bits per heavy atom. The van der Waals surface area contributed by atoms with Gasteiger partial charge in [0.25, 0.3) is 0 Å². The fraction of sp³-hybridized carbons (Fsp3) is 0.333. The van der Waals surface area contributed by atoms with Crippen molar-refractivity contribution in [1.82, 2.24) is 0 Å². The van der Waals surface area contributed by atoms with E-state index in [1.54, 1.807) is 25.1 Å². The second-order valence-corrected chi connectivity index (χ2v) is 3.52. The lowest BCUT2D eigenvalue weighted by Crippen LogP contribution is -2.09. The van der Waals surface area contributed by atoms with Crippen LogP contribution in [0.25, 0.3) is 0 Å². The minimum Gasteiger partial charge on any atom is -0.507 e. The molecule has 1 aromatic carbocycles. The third-order valence-electron chi connectivity index (χ3n) is 2.13. The van der Waals surface area contributed by atoms with Crippen LogP contribution in [0.4, 0.5) is 0 Å². The van der Waals surface area contributed by atoms with Gasteiger partial charge in [0.2, 0.25) is 0 Å². The Kier molecular flexibility index (Phi) is 4.66. The number of para-hydroxylation sites is 1. The Morgan fingerprint density at radius 3 is 2.75 bits per heavy atom. The maximum atomic E-state index is 11.8. The van der Waals surface area contributed by atoms with Crippen LogP contribution >= 0.6 is 0 Å². The Balaban J connectivity index is 2.70. The number of ketones is 1. The molecule has 1 rings (SSSR count). The summed E-state index contributed by atoms with van der Waals surface area (Å²) in [6.07, 6.45) is 0.220. The second kappa shape index (κ2) is 6.02. The molecule has 0 aliphatic rings. The summed E-state index contributed by atoms with van der Waals surface area (Å²) in [6, 6.07) is 6.51. The molecule has 0 fully saturated rings. The van der Waals surface area contributed by atoms with Crippen LogP contribution in [0.5, 0.6) is 5.75 Å². The third-order valence-corrected chi connectivity index (χ3v) is 2.13. The van der Waals surface area contributed by atoms with E-state index in [-0.39, 0.29) is 18.0 Å². The molecule has 4 heteroatoms. The summed E-state index contributed by atoms with van der Waals surface area (Å²) in [6.45, 7) is 2.79. The van der Waals surface area contributed by atoms with E-state index in [0.29, 0.717) is 18.7 Å². The summed E-state index contributed by atoms with van der Waals surface area (Å²) >= 11 is 0. The van der Waals surface area contributed by atoms with Gasteiger partial charge in [-0.05, 0) is 19.1 Å². The molecule has 3 N–H and O–H groups in total. The number of benzene rings is 1. The van der Waals surface area contributed by atoms with Crippen LogP contribution in [0.2, 0.25) is 0 Å². The van der Waals surface area contributed by atoms with E-state index in [2.05, 4.69) is 4.99 Å². The maximum absolute atomic E-state index is 11.8. The van der Waals surface area contributed by atoms with Crippen LogP contribution in [-0.2, 0) is 0 Å². The van der Waals surface area contributed by atoms with Gasteiger partial charge < -0.3 is 10.8 Å². The van der Waals surface area contributed by atoms with Crippen molar-refractivity contribution in [2.75, 3.05) is 13.1 Å². The summed E-state index contributed by atoms with van der Waals surface area (Å²) in [5, 5.41) is 9.49. The molecule has 0 spiro atoms. The largest absolute Gasteiger partial charge is 0.507 e. The molecule has 16 heavy (non-hydrogen) atoms. The van der Waals surface area contributed by atoms with E-state index >= 15 is 0 Å². The SMILES string of the molecule is CC(CC(=O)c1ccccc1O)=NCCN. The van der Waals surface area contributed by atoms with Gasteiger partial charge in [-0.15, -0.1) is 0 Å². The smallest absolute Gasteiger partial charge is 0.172 e. The fourth-order valence-corrected chi connectivity index (χ4v) is 1.35. The van der Waals surface area contributed by atoms with Crippen LogP contribution in [0.1, 0.15) is 23.7 Å². The number of phenolic OH excluding ortho intramolecular Hbond substituents is 1. The maximum Gasteiger partial charge on any atom is 0.172 e. The highest BCUT2D eigenvalue weighted by molar-refractivity contribution is 6.10. The van der Waals surface area contributed by atoms with Gasteiger partial charge in [-0.25, -0.2) is 0 Å². The highest BCUT2D eigenvalue weighted by Gasteiger charge is 2.10. The predicted molar refractivity (Wildman–Crippen MR) is 64.1 cm³/mol. The van der Waals surface area contributed by atoms with E-state index in [1.165, 1.54) is 6.07 Å². The lowest BCUT2D eigenvalue weighted by molar-refractivity contribution is 0.0998. The van der Waals surface area contributed by atoms with Crippen molar-refractivity contribution < 1.29 is 9.90 Å². The van der Waals surface area contributed by atoms with Gasteiger partial charge >= 0.3 is 0 Å². The van der Waals surface area contributed by atoms with Crippen LogP contribution in [0.15, 0.2) is 29.3 Å². The van der Waals surface area contributed by atoms with Crippen LogP contribution in [0, 0.1) is 0 Å². The van der Waals surface area contributed by atoms with E-state index in [1.807, 2.05) is 0 Å². The topological polar surface area (TPSA) is 75.7 Å². The minimum absolute atomic E-state index is 0.0131. The molecule has 1 aromatic rings. The average molecular weight is 220 g/mol. The number of nitrogens with zero attached hydrogens (tertiary/aromatic N) is 1. The van der Waals surface area contributed by atoms with Gasteiger partial charge in [0, 0.05) is 18.7 Å². The molecule has 0 saturated carbocycles. The minimum atomic E-state index is -0.128. The molecule has 0 heterocycles. The molecule has 0 radical (unpaired) electrons. The Morgan fingerprint density at radius 2 is 2.12 bits per heavy atom. The zero-order chi connectivity index (χ0) is 12.0. The molecule has 0 saturated heterocycles. The summed E-state index contributed by atoms with van der Waals surface area (Å²) < 4.78 is 0. The molecule has 0 aliphatic carbocycles. The number of nitrogens with two attached hydrogens (primary N) is 1. The molecule has 0 aromatic heterocycles. The second-order valence-electron chi connectivity index (χ2n) is 3.52. The number of Topliss-reactive ketones (excluding diaryl/α,β-unsaturated/α-hetero) is 1. The molecule has 0 aliphatic heterocycles. The number of rotatable bonds is 5. The molecule has 86 valence electrons. The summed E-state index contributed by atoms with van der Waals surface area (Å²) in [5.74, 6) is -0.115. The van der Waals surface area contributed by atoms with Gasteiger partial charge in [0.1, 0.15) is 5.75 Å². The predicted octanol–water partition coefficient (Wildman–Crippen LogP) is 1.38. The normalized spacial score (nSPS) is 11.5. The number of hydrogen-bond donors (Lipinski definition) is 2. The highest BCUT2D eigenvalue weighted by Crippen LogP contribution is 2.17. The first-order valence-electron chi connectivity index (χ1n) is 5.16. The molecule has 0 bridgehead atoms. The number of phenols is 1. The quantitative estimate of drug-likeness (QED) is 0.581. The first-order chi connectivity index (χ1) is 7.65. The Hall–Kier alpha value is -1.68. The van der Waals surface area contributed by atoms with Gasteiger partial charge in [-0.3, -0.25) is 9.79 Å². The lowest BCUT2D eigenvalue weighted by Gasteiger charge is -2.03. The summed E-state index contributed by atoms with van der Waals surface area (Å²) in [7, 11) is 0. The first kappa shape index (κ1) is 12.4. The van der Waals surface area contributed by atoms with Gasteiger partial charge in [0.05, 0.1) is 12.1 Å². The molecule has 0 unspecified atom stereocenters. The van der Waals surface area contributed by atoms with Crippen LogP contribution in [0.3, 0.4) is 0 Å². The summed E-state index contributed by atoms with van der Waals surface area (Å²) in [5.41, 5.74) is 6.38. The fourth-order valence-electron chi connectivity index (χ4n) is 1.35. The van der Waals surface area contributed by atoms with Gasteiger partial charge in [-0.2, -0.15) is 0 Å². The number of carbonyl (C=O) groups excluding carboxylic acids is 1. The molecule has 0 atom stereocenters. The van der Waals surface area contributed by atoms with Crippen molar-refractivity contribution in [2.45, 2.75) is 13.3 Å². The monoisotopic (exact) mass is 220 g/mol. The zero-order valence-electron chi connectivity index (χ0n) is 9.31. The molecular formula is C12H16N2O2. The Labute approximate surface area is 94.8 Å². The molecular weight excluding hydrogens is 204 g/mol. The number of hydrogen-bond acceptors (Lipinski definition) is 4. The van der Waals surface area contributed by atoms with E-state index < -0.39 is 0 Å². The Bertz CT molecular complexity index is 400. The highest BCUT2D eigenvalue weighted by atomic mass is 16.3. The zero-order valence-corrected chi connectivity index (χ0v) is 9.31. The lowest BCUT2D eigenvalue weighted by atomic mass is 10.1. The third kappa shape index (κ3) is 3.47. The van der Waals surface area contributed by atoms with E-state index in [9.17, 15) is 9.90 Å². The van der Waals surface area contributed by atoms with Crippen molar-refractivity contribution in [3.8, 4) is 5.75 Å². The van der Waals surface area contributed by atoms with Crippen LogP contribution in [-0.4, -0.2) is 29.7 Å². The van der Waals surface area contributed by atoms with Crippen molar-refractivity contribution >= 4 is 11.5 Å². The van der Waals surface area contributed by atoms with Crippen molar-refractivity contribution in [2.24, 2.45) is 10.7 Å².